The molecule has 0 aromatic carbocycles. The van der Waals surface area contributed by atoms with Crippen LogP contribution >= 0.6 is 0 Å². The minimum absolute atomic E-state index is 0.382. The van der Waals surface area contributed by atoms with Gasteiger partial charge in [-0.05, 0) is 64.3 Å². The van der Waals surface area contributed by atoms with Gasteiger partial charge < -0.3 is 5.73 Å². The van der Waals surface area contributed by atoms with Crippen molar-refractivity contribution < 1.29 is 0 Å². The molecule has 106 valence electrons. The van der Waals surface area contributed by atoms with Crippen LogP contribution in [0.3, 0.4) is 0 Å². The Kier molecular flexibility index (Phi) is 4.94. The molecule has 2 N–H and O–H groups in total. The molecule has 3 nitrogen and oxygen atoms in total. The predicted octanol–water partition coefficient (Wildman–Crippen LogP) is 2.90. The van der Waals surface area contributed by atoms with Gasteiger partial charge in [-0.15, -0.1) is 0 Å². The van der Waals surface area contributed by atoms with E-state index in [1.807, 2.05) is 6.20 Å². The predicted molar refractivity (Wildman–Crippen MR) is 80.0 cm³/mol. The molecule has 1 fully saturated rings. The van der Waals surface area contributed by atoms with Crippen LogP contribution in [0.1, 0.15) is 50.4 Å². The van der Waals surface area contributed by atoms with Crippen molar-refractivity contribution in [1.82, 2.24) is 9.88 Å². The zero-order chi connectivity index (χ0) is 13.8. The highest BCUT2D eigenvalue weighted by atomic mass is 15.2. The van der Waals surface area contributed by atoms with Crippen molar-refractivity contribution in [2.24, 2.45) is 11.7 Å². The molecule has 0 amide bonds. The van der Waals surface area contributed by atoms with E-state index in [9.17, 15) is 0 Å². The number of aromatic nitrogens is 1. The van der Waals surface area contributed by atoms with E-state index >= 15 is 0 Å². The van der Waals surface area contributed by atoms with Crippen LogP contribution < -0.4 is 5.73 Å². The summed E-state index contributed by atoms with van der Waals surface area (Å²) in [5.74, 6) is 0.528. The van der Waals surface area contributed by atoms with Gasteiger partial charge in [0.05, 0.1) is 11.7 Å². The maximum absolute atomic E-state index is 6.04. The zero-order valence-corrected chi connectivity index (χ0v) is 12.5. The minimum Gasteiger partial charge on any atom is -0.330 e. The van der Waals surface area contributed by atoms with Crippen LogP contribution in [-0.4, -0.2) is 29.0 Å². The van der Waals surface area contributed by atoms with Crippen LogP contribution in [0.25, 0.3) is 0 Å². The Hall–Kier alpha value is -0.930. The Morgan fingerprint density at radius 1 is 1.37 bits per heavy atom. The first-order valence-electron chi connectivity index (χ1n) is 7.52. The number of aryl methyl sites for hydroxylation is 1. The van der Waals surface area contributed by atoms with E-state index in [1.54, 1.807) is 0 Å². The lowest BCUT2D eigenvalue weighted by Gasteiger charge is -2.37. The summed E-state index contributed by atoms with van der Waals surface area (Å²) in [6.07, 6.45) is 5.76. The molecule has 0 bridgehead atoms. The fourth-order valence-corrected chi connectivity index (χ4v) is 3.16. The van der Waals surface area contributed by atoms with E-state index in [0.717, 1.165) is 13.1 Å². The van der Waals surface area contributed by atoms with Gasteiger partial charge in [0.2, 0.25) is 0 Å². The average molecular weight is 261 g/mol. The van der Waals surface area contributed by atoms with Crippen LogP contribution in [0.15, 0.2) is 18.3 Å². The Morgan fingerprint density at radius 2 is 2.16 bits per heavy atom. The molecule has 1 aliphatic rings. The summed E-state index contributed by atoms with van der Waals surface area (Å²) in [4.78, 5) is 7.26. The second kappa shape index (κ2) is 6.49. The molecular weight excluding hydrogens is 234 g/mol. The Bertz CT molecular complexity index is 385. The maximum Gasteiger partial charge on any atom is 0.0579 e. The van der Waals surface area contributed by atoms with Gasteiger partial charge in [0.15, 0.2) is 0 Å². The first-order valence-corrected chi connectivity index (χ1v) is 7.52. The summed E-state index contributed by atoms with van der Waals surface area (Å²) < 4.78 is 0. The molecule has 3 heteroatoms. The second-order valence-corrected chi connectivity index (χ2v) is 6.03. The Balaban J connectivity index is 2.34. The van der Waals surface area contributed by atoms with Crippen LogP contribution in [0.5, 0.6) is 0 Å². The van der Waals surface area contributed by atoms with E-state index in [2.05, 4.69) is 42.8 Å². The number of nitrogens with two attached hydrogens (primary N) is 1. The number of likely N-dealkylation sites (tertiary alicyclic amines) is 1. The zero-order valence-electron chi connectivity index (χ0n) is 12.5. The van der Waals surface area contributed by atoms with Gasteiger partial charge >= 0.3 is 0 Å². The van der Waals surface area contributed by atoms with E-state index in [4.69, 9.17) is 5.73 Å². The average Bonchev–Trinajstić information content (AvgIpc) is 2.61. The molecule has 2 rings (SSSR count). The molecule has 2 unspecified atom stereocenters. The molecule has 0 saturated carbocycles. The monoisotopic (exact) mass is 261 g/mol. The van der Waals surface area contributed by atoms with Gasteiger partial charge in [0.25, 0.3) is 0 Å². The number of hydrogen-bond acceptors (Lipinski definition) is 3. The largest absolute Gasteiger partial charge is 0.330 e. The van der Waals surface area contributed by atoms with Crippen molar-refractivity contribution in [2.75, 3.05) is 13.1 Å². The Morgan fingerprint density at radius 3 is 2.74 bits per heavy atom. The van der Waals surface area contributed by atoms with Gasteiger partial charge in [-0.2, -0.15) is 0 Å². The summed E-state index contributed by atoms with van der Waals surface area (Å²) in [6.45, 7) is 8.56. The van der Waals surface area contributed by atoms with E-state index in [0.29, 0.717) is 18.0 Å². The van der Waals surface area contributed by atoms with Gasteiger partial charge in [-0.3, -0.25) is 9.88 Å². The first kappa shape index (κ1) is 14.5. The molecule has 1 saturated heterocycles. The third-order valence-electron chi connectivity index (χ3n) is 4.25. The second-order valence-electron chi connectivity index (χ2n) is 6.03. The summed E-state index contributed by atoms with van der Waals surface area (Å²) >= 11 is 0. The molecule has 0 radical (unpaired) electrons. The van der Waals surface area contributed by atoms with Gasteiger partial charge in [0.1, 0.15) is 0 Å². The van der Waals surface area contributed by atoms with Crippen LogP contribution in [0, 0.1) is 12.8 Å². The number of rotatable bonds is 3. The molecule has 2 heterocycles. The van der Waals surface area contributed by atoms with Gasteiger partial charge in [-0.1, -0.05) is 12.5 Å². The summed E-state index contributed by atoms with van der Waals surface area (Å²) in [5.41, 5.74) is 8.45. The smallest absolute Gasteiger partial charge is 0.0579 e. The number of hydrogen-bond donors (Lipinski definition) is 1. The molecule has 2 atom stereocenters. The van der Waals surface area contributed by atoms with Crippen LogP contribution in [0.2, 0.25) is 0 Å². The molecule has 1 aromatic heterocycles. The minimum atomic E-state index is 0.382. The molecule has 19 heavy (non-hydrogen) atoms. The topological polar surface area (TPSA) is 42.1 Å². The van der Waals surface area contributed by atoms with Crippen molar-refractivity contribution in [3.8, 4) is 0 Å². The summed E-state index contributed by atoms with van der Waals surface area (Å²) in [7, 11) is 0. The summed E-state index contributed by atoms with van der Waals surface area (Å²) in [5, 5.41) is 0. The highest BCUT2D eigenvalue weighted by Gasteiger charge is 2.32. The third-order valence-corrected chi connectivity index (χ3v) is 4.25. The lowest BCUT2D eigenvalue weighted by Crippen LogP contribution is -2.40. The van der Waals surface area contributed by atoms with Gasteiger partial charge in [-0.25, -0.2) is 0 Å². The molecule has 0 aliphatic carbocycles. The standard InChI is InChI=1S/C16H27N3/c1-12(2)19-9-5-4-6-14(10-17)16(19)15-8-7-13(3)11-18-15/h7-8,11-12,14,16H,4-6,9-10,17H2,1-3H3. The van der Waals surface area contributed by atoms with E-state index in [1.165, 1.54) is 30.5 Å². The van der Waals surface area contributed by atoms with Gasteiger partial charge in [0, 0.05) is 12.2 Å². The van der Waals surface area contributed by atoms with Crippen LogP contribution in [-0.2, 0) is 0 Å². The fourth-order valence-electron chi connectivity index (χ4n) is 3.16. The van der Waals surface area contributed by atoms with Crippen molar-refractivity contribution >= 4 is 0 Å². The Labute approximate surface area is 117 Å². The molecule has 0 spiro atoms. The molecule has 1 aliphatic heterocycles. The summed E-state index contributed by atoms with van der Waals surface area (Å²) in [6, 6.07) is 5.27. The highest BCUT2D eigenvalue weighted by Crippen LogP contribution is 2.34. The quantitative estimate of drug-likeness (QED) is 0.909. The van der Waals surface area contributed by atoms with Crippen molar-refractivity contribution in [2.45, 2.75) is 52.1 Å². The van der Waals surface area contributed by atoms with Crippen molar-refractivity contribution in [1.29, 1.82) is 0 Å². The highest BCUT2D eigenvalue weighted by molar-refractivity contribution is 5.16. The molecular formula is C16H27N3. The van der Waals surface area contributed by atoms with E-state index in [-0.39, 0.29) is 0 Å². The SMILES string of the molecule is Cc1ccc(C2C(CN)CCCCN2C(C)C)nc1. The lowest BCUT2D eigenvalue weighted by molar-refractivity contribution is 0.118. The van der Waals surface area contributed by atoms with Crippen molar-refractivity contribution in [3.63, 3.8) is 0 Å². The number of nitrogens with zero attached hydrogens (tertiary/aromatic N) is 2. The van der Waals surface area contributed by atoms with E-state index < -0.39 is 0 Å². The third kappa shape index (κ3) is 3.34. The lowest BCUT2D eigenvalue weighted by atomic mass is 9.91. The molecule has 1 aromatic rings. The fraction of sp³-hybridized carbons (Fsp3) is 0.688. The normalized spacial score (nSPS) is 25.5. The van der Waals surface area contributed by atoms with Crippen molar-refractivity contribution in [3.05, 3.63) is 29.6 Å². The number of pyridine rings is 1. The van der Waals surface area contributed by atoms with Crippen LogP contribution in [0.4, 0.5) is 0 Å². The maximum atomic E-state index is 6.04. The first-order chi connectivity index (χ1) is 9.13.